The summed E-state index contributed by atoms with van der Waals surface area (Å²) in [6.45, 7) is 5.94. The van der Waals surface area contributed by atoms with Gasteiger partial charge in [0, 0.05) is 24.4 Å². The van der Waals surface area contributed by atoms with Crippen LogP contribution in [0.1, 0.15) is 12.5 Å². The second kappa shape index (κ2) is 6.97. The topological polar surface area (TPSA) is 50.7 Å². The Morgan fingerprint density at radius 1 is 1.14 bits per heavy atom. The van der Waals surface area contributed by atoms with E-state index in [-0.39, 0.29) is 5.56 Å². The van der Waals surface area contributed by atoms with Crippen molar-refractivity contribution in [2.45, 2.75) is 6.92 Å². The lowest BCUT2D eigenvalue weighted by Crippen LogP contribution is -2.19. The number of fused-ring (bicyclic) bond motifs is 1. The van der Waals surface area contributed by atoms with Crippen LogP contribution in [0.5, 0.6) is 0 Å². The van der Waals surface area contributed by atoms with Crippen molar-refractivity contribution in [1.82, 2.24) is 14.5 Å². The van der Waals surface area contributed by atoms with Crippen molar-refractivity contribution >= 4 is 39.8 Å². The third-order valence-corrected chi connectivity index (χ3v) is 5.54. The molecule has 0 bridgehead atoms. The molecule has 6 heteroatoms. The lowest BCUT2D eigenvalue weighted by atomic mass is 10.0. The van der Waals surface area contributed by atoms with Gasteiger partial charge in [-0.25, -0.2) is 4.98 Å². The van der Waals surface area contributed by atoms with Gasteiger partial charge in [-0.05, 0) is 36.8 Å². The number of rotatable bonds is 3. The van der Waals surface area contributed by atoms with Gasteiger partial charge in [0.2, 0.25) is 0 Å². The van der Waals surface area contributed by atoms with Gasteiger partial charge < -0.3 is 9.55 Å². The Morgan fingerprint density at radius 3 is 2.68 bits per heavy atom. The third kappa shape index (κ3) is 3.05. The average molecular weight is 410 g/mol. The van der Waals surface area contributed by atoms with E-state index < -0.39 is 0 Å². The number of pyridine rings is 1. The molecule has 2 heterocycles. The number of nitrogens with zero attached hydrogens (tertiary/aromatic N) is 2. The van der Waals surface area contributed by atoms with E-state index in [9.17, 15) is 4.79 Å². The van der Waals surface area contributed by atoms with E-state index in [1.165, 1.54) is 4.57 Å². The first-order chi connectivity index (χ1) is 13.4. The lowest BCUT2D eigenvalue weighted by Gasteiger charge is -2.11. The molecule has 0 radical (unpaired) electrons. The molecule has 28 heavy (non-hydrogen) atoms. The van der Waals surface area contributed by atoms with Crippen LogP contribution in [-0.4, -0.2) is 14.5 Å². The van der Waals surface area contributed by atoms with Gasteiger partial charge in [0.15, 0.2) is 0 Å². The fourth-order valence-corrected chi connectivity index (χ4v) is 3.58. The Kier molecular flexibility index (Phi) is 4.61. The van der Waals surface area contributed by atoms with Crippen LogP contribution < -0.4 is 5.56 Å². The second-order valence-corrected chi connectivity index (χ2v) is 7.50. The number of H-pyrrole nitrogens is 1. The molecule has 4 rings (SSSR count). The van der Waals surface area contributed by atoms with Crippen molar-refractivity contribution in [1.29, 1.82) is 0 Å². The first-order valence-electron chi connectivity index (χ1n) is 8.67. The molecule has 0 amide bonds. The van der Waals surface area contributed by atoms with Gasteiger partial charge in [0.05, 0.1) is 26.6 Å². The zero-order valence-electron chi connectivity index (χ0n) is 15.4. The largest absolute Gasteiger partial charge is 0.338 e. The molecule has 0 saturated carbocycles. The molecule has 0 aliphatic rings. The molecule has 4 aromatic rings. The summed E-state index contributed by atoms with van der Waals surface area (Å²) in [6, 6.07) is 13.0. The van der Waals surface area contributed by atoms with Crippen LogP contribution in [0.2, 0.25) is 10.0 Å². The Labute approximate surface area is 172 Å². The minimum Gasteiger partial charge on any atom is -0.338 e. The van der Waals surface area contributed by atoms with Crippen LogP contribution in [0, 0.1) is 0 Å². The van der Waals surface area contributed by atoms with Gasteiger partial charge in [-0.15, -0.1) is 0 Å². The Hall–Kier alpha value is -2.82. The summed E-state index contributed by atoms with van der Waals surface area (Å²) in [5, 5.41) is 0.737. The van der Waals surface area contributed by atoms with Gasteiger partial charge in [0.1, 0.15) is 5.82 Å². The maximum atomic E-state index is 13.0. The highest BCUT2D eigenvalue weighted by molar-refractivity contribution is 6.43. The smallest absolute Gasteiger partial charge is 0.258 e. The van der Waals surface area contributed by atoms with E-state index in [0.29, 0.717) is 32.6 Å². The number of aromatic amines is 1. The van der Waals surface area contributed by atoms with Crippen molar-refractivity contribution in [2.24, 2.45) is 7.05 Å². The minimum absolute atomic E-state index is 0.176. The van der Waals surface area contributed by atoms with E-state index in [2.05, 4.69) is 16.5 Å². The maximum Gasteiger partial charge on any atom is 0.258 e. The minimum atomic E-state index is -0.176. The first kappa shape index (κ1) is 18.5. The summed E-state index contributed by atoms with van der Waals surface area (Å²) in [4.78, 5) is 21.0. The van der Waals surface area contributed by atoms with Crippen LogP contribution >= 0.6 is 23.2 Å². The number of aromatic nitrogens is 3. The maximum absolute atomic E-state index is 13.0. The summed E-state index contributed by atoms with van der Waals surface area (Å²) in [5.41, 5.74) is 5.21. The monoisotopic (exact) mass is 409 g/mol. The standard InChI is InChI=1S/C22H17Cl2N3O/c1-12(2)13-7-8-17-18(11-13)26-21(25-17)15-9-10-27(3)22(28)19(15)14-5-4-6-16(23)20(14)24/h4-11H,1H2,2-3H3,(H,25,26). The molecular weight excluding hydrogens is 393 g/mol. The highest BCUT2D eigenvalue weighted by Gasteiger charge is 2.19. The lowest BCUT2D eigenvalue weighted by molar-refractivity contribution is 0.863. The second-order valence-electron chi connectivity index (χ2n) is 6.72. The van der Waals surface area contributed by atoms with Gasteiger partial charge in [-0.1, -0.05) is 53.6 Å². The molecule has 0 unspecified atom stereocenters. The average Bonchev–Trinajstić information content (AvgIpc) is 3.09. The van der Waals surface area contributed by atoms with Gasteiger partial charge in [-0.2, -0.15) is 0 Å². The molecule has 0 aliphatic carbocycles. The molecular formula is C22H17Cl2N3O. The molecule has 1 N–H and O–H groups in total. The number of allylic oxidation sites excluding steroid dienone is 1. The number of benzene rings is 2. The van der Waals surface area contributed by atoms with Crippen molar-refractivity contribution in [3.8, 4) is 22.5 Å². The van der Waals surface area contributed by atoms with Crippen molar-refractivity contribution < 1.29 is 0 Å². The van der Waals surface area contributed by atoms with Crippen LogP contribution in [0.15, 0.2) is 60.0 Å². The molecule has 140 valence electrons. The highest BCUT2D eigenvalue weighted by Crippen LogP contribution is 2.36. The number of imidazole rings is 1. The quantitative estimate of drug-likeness (QED) is 0.455. The fraction of sp³-hybridized carbons (Fsp3) is 0.0909. The summed E-state index contributed by atoms with van der Waals surface area (Å²) >= 11 is 12.6. The van der Waals surface area contributed by atoms with E-state index in [0.717, 1.165) is 22.2 Å². The van der Waals surface area contributed by atoms with Gasteiger partial charge >= 0.3 is 0 Å². The van der Waals surface area contributed by atoms with Crippen LogP contribution in [-0.2, 0) is 7.05 Å². The molecule has 2 aromatic carbocycles. The number of hydrogen-bond acceptors (Lipinski definition) is 2. The van der Waals surface area contributed by atoms with Crippen LogP contribution in [0.25, 0.3) is 39.1 Å². The Morgan fingerprint density at radius 2 is 1.93 bits per heavy atom. The van der Waals surface area contributed by atoms with Crippen molar-refractivity contribution in [3.63, 3.8) is 0 Å². The van der Waals surface area contributed by atoms with Crippen LogP contribution in [0.3, 0.4) is 0 Å². The zero-order chi connectivity index (χ0) is 20.0. The molecule has 0 aliphatic heterocycles. The van der Waals surface area contributed by atoms with Crippen LogP contribution in [0.4, 0.5) is 0 Å². The van der Waals surface area contributed by atoms with E-state index in [4.69, 9.17) is 23.2 Å². The molecule has 4 nitrogen and oxygen atoms in total. The molecule has 0 fully saturated rings. The molecule has 0 spiro atoms. The summed E-state index contributed by atoms with van der Waals surface area (Å²) in [6.07, 6.45) is 1.71. The molecule has 0 atom stereocenters. The normalized spacial score (nSPS) is 11.1. The summed E-state index contributed by atoms with van der Waals surface area (Å²) < 4.78 is 1.51. The summed E-state index contributed by atoms with van der Waals surface area (Å²) in [5.74, 6) is 0.595. The number of halogens is 2. The molecule has 0 saturated heterocycles. The van der Waals surface area contributed by atoms with E-state index in [1.54, 1.807) is 31.4 Å². The first-order valence-corrected chi connectivity index (χ1v) is 9.42. The highest BCUT2D eigenvalue weighted by atomic mass is 35.5. The van der Waals surface area contributed by atoms with Gasteiger partial charge in [-0.3, -0.25) is 4.79 Å². The predicted octanol–water partition coefficient (Wildman–Crippen LogP) is 5.94. The van der Waals surface area contributed by atoms with E-state index in [1.807, 2.05) is 31.2 Å². The SMILES string of the molecule is C=C(C)c1ccc2nc(-c3ccn(C)c(=O)c3-c3cccc(Cl)c3Cl)[nH]c2c1. The number of hydrogen-bond donors (Lipinski definition) is 1. The molecule has 2 aromatic heterocycles. The van der Waals surface area contributed by atoms with Crippen molar-refractivity contribution in [2.75, 3.05) is 0 Å². The number of nitrogens with one attached hydrogen (secondary N) is 1. The van der Waals surface area contributed by atoms with Gasteiger partial charge in [0.25, 0.3) is 5.56 Å². The third-order valence-electron chi connectivity index (χ3n) is 4.72. The zero-order valence-corrected chi connectivity index (χ0v) is 16.9. The van der Waals surface area contributed by atoms with E-state index >= 15 is 0 Å². The summed E-state index contributed by atoms with van der Waals surface area (Å²) in [7, 11) is 1.70. The fourth-order valence-electron chi connectivity index (χ4n) is 3.19. The van der Waals surface area contributed by atoms with Crippen molar-refractivity contribution in [3.05, 3.63) is 81.2 Å². The Bertz CT molecular complexity index is 1300. The Balaban J connectivity index is 2.00. The predicted molar refractivity (Wildman–Crippen MR) is 117 cm³/mol. The number of aryl methyl sites for hydroxylation is 1.